The van der Waals surface area contributed by atoms with E-state index in [2.05, 4.69) is 10.1 Å². The molecular formula is C26H39N3O6. The highest BCUT2D eigenvalue weighted by molar-refractivity contribution is 6.10. The van der Waals surface area contributed by atoms with Crippen molar-refractivity contribution in [1.29, 1.82) is 0 Å². The Morgan fingerprint density at radius 2 is 1.69 bits per heavy atom. The first-order chi connectivity index (χ1) is 16.4. The Kier molecular flexibility index (Phi) is 13.3. The fraction of sp³-hybridized carbons (Fsp3) is 0.538. The first-order valence-electron chi connectivity index (χ1n) is 11.6. The number of ketones is 1. The molecule has 2 amide bonds. The molecule has 0 bridgehead atoms. The molecule has 1 N–H and O–H groups in total. The Labute approximate surface area is 208 Å². The molecule has 35 heavy (non-hydrogen) atoms. The second-order valence-corrected chi connectivity index (χ2v) is 8.17. The van der Waals surface area contributed by atoms with Gasteiger partial charge in [-0.15, -0.1) is 0 Å². The fourth-order valence-corrected chi connectivity index (χ4v) is 3.69. The maximum absolute atomic E-state index is 12.9. The SMILES string of the molecule is C.CNC1=C(C(=O)c2ccc(N(C)C(=O)CC(=O)N(C)CCOCCCOC=O)cc2)CCCC1. The number of allylic oxidation sites excluding steroid dienone is 2. The van der Waals surface area contributed by atoms with Crippen LogP contribution in [0.1, 0.15) is 56.3 Å². The second kappa shape index (κ2) is 15.7. The zero-order valence-corrected chi connectivity index (χ0v) is 20.3. The molecule has 0 saturated carbocycles. The van der Waals surface area contributed by atoms with Gasteiger partial charge in [-0.25, -0.2) is 0 Å². The van der Waals surface area contributed by atoms with Crippen LogP contribution in [0.4, 0.5) is 5.69 Å². The lowest BCUT2D eigenvalue weighted by Gasteiger charge is -2.21. The molecule has 2 rings (SSSR count). The number of amides is 2. The molecule has 1 aromatic rings. The van der Waals surface area contributed by atoms with Gasteiger partial charge in [0.25, 0.3) is 6.47 Å². The van der Waals surface area contributed by atoms with Gasteiger partial charge < -0.3 is 24.6 Å². The van der Waals surface area contributed by atoms with Crippen LogP contribution in [0.5, 0.6) is 0 Å². The van der Waals surface area contributed by atoms with Crippen molar-refractivity contribution in [2.45, 2.75) is 46.0 Å². The molecular weight excluding hydrogens is 450 g/mol. The van der Waals surface area contributed by atoms with Crippen molar-refractivity contribution in [3.8, 4) is 0 Å². The summed E-state index contributed by atoms with van der Waals surface area (Å²) in [5.41, 5.74) is 3.04. The molecule has 0 saturated heterocycles. The van der Waals surface area contributed by atoms with Crippen molar-refractivity contribution in [1.82, 2.24) is 10.2 Å². The number of benzene rings is 1. The molecule has 0 spiro atoms. The highest BCUT2D eigenvalue weighted by Gasteiger charge is 2.21. The molecule has 194 valence electrons. The maximum Gasteiger partial charge on any atom is 0.293 e. The van der Waals surface area contributed by atoms with Crippen LogP contribution >= 0.6 is 0 Å². The van der Waals surface area contributed by atoms with Crippen LogP contribution in [-0.2, 0) is 23.9 Å². The number of ether oxygens (including phenoxy) is 2. The van der Waals surface area contributed by atoms with Crippen molar-refractivity contribution >= 4 is 29.8 Å². The summed E-state index contributed by atoms with van der Waals surface area (Å²) in [4.78, 5) is 50.8. The summed E-state index contributed by atoms with van der Waals surface area (Å²) in [6, 6.07) is 6.90. The molecule has 0 radical (unpaired) electrons. The quantitative estimate of drug-likeness (QED) is 0.185. The van der Waals surface area contributed by atoms with Gasteiger partial charge >= 0.3 is 0 Å². The number of rotatable bonds is 14. The van der Waals surface area contributed by atoms with E-state index >= 15 is 0 Å². The molecule has 0 aliphatic heterocycles. The first kappa shape index (κ1) is 29.8. The van der Waals surface area contributed by atoms with Crippen LogP contribution in [0.3, 0.4) is 0 Å². The Morgan fingerprint density at radius 3 is 2.34 bits per heavy atom. The summed E-state index contributed by atoms with van der Waals surface area (Å²) >= 11 is 0. The number of carbonyl (C=O) groups excluding carboxylic acids is 4. The summed E-state index contributed by atoms with van der Waals surface area (Å²) in [6.07, 6.45) is 4.06. The van der Waals surface area contributed by atoms with E-state index in [0.29, 0.717) is 50.5 Å². The predicted octanol–water partition coefficient (Wildman–Crippen LogP) is 2.94. The van der Waals surface area contributed by atoms with Gasteiger partial charge in [0.05, 0.1) is 13.2 Å². The molecule has 9 heteroatoms. The largest absolute Gasteiger partial charge is 0.468 e. The fourth-order valence-electron chi connectivity index (χ4n) is 3.69. The number of anilines is 1. The highest BCUT2D eigenvalue weighted by atomic mass is 16.5. The lowest BCUT2D eigenvalue weighted by Crippen LogP contribution is -2.36. The highest BCUT2D eigenvalue weighted by Crippen LogP contribution is 2.26. The Bertz CT molecular complexity index is 882. The Balaban J connectivity index is 0.00000612. The van der Waals surface area contributed by atoms with E-state index in [9.17, 15) is 19.2 Å². The van der Waals surface area contributed by atoms with E-state index in [0.717, 1.165) is 37.0 Å². The number of hydrogen-bond donors (Lipinski definition) is 1. The third kappa shape index (κ3) is 9.16. The lowest BCUT2D eigenvalue weighted by atomic mass is 9.90. The maximum atomic E-state index is 12.9. The lowest BCUT2D eigenvalue weighted by molar-refractivity contribution is -0.135. The van der Waals surface area contributed by atoms with Crippen LogP contribution in [0.15, 0.2) is 35.5 Å². The molecule has 1 aliphatic carbocycles. The zero-order chi connectivity index (χ0) is 24.9. The molecule has 1 aliphatic rings. The van der Waals surface area contributed by atoms with Gasteiger partial charge in [0.15, 0.2) is 5.78 Å². The minimum absolute atomic E-state index is 0. The van der Waals surface area contributed by atoms with Crippen molar-refractivity contribution < 1.29 is 28.7 Å². The first-order valence-corrected chi connectivity index (χ1v) is 11.6. The van der Waals surface area contributed by atoms with Gasteiger partial charge in [-0.1, -0.05) is 7.43 Å². The van der Waals surface area contributed by atoms with E-state index in [4.69, 9.17) is 4.74 Å². The Hall–Kier alpha value is -3.20. The molecule has 1 aromatic carbocycles. The van der Waals surface area contributed by atoms with Gasteiger partial charge in [0.2, 0.25) is 11.8 Å². The van der Waals surface area contributed by atoms with E-state index in [-0.39, 0.29) is 31.4 Å². The van der Waals surface area contributed by atoms with Gasteiger partial charge in [-0.3, -0.25) is 19.2 Å². The molecule has 0 unspecified atom stereocenters. The number of likely N-dealkylation sites (N-methyl/N-ethyl adjacent to an activating group) is 1. The smallest absolute Gasteiger partial charge is 0.293 e. The summed E-state index contributed by atoms with van der Waals surface area (Å²) in [5, 5.41) is 3.15. The standard InChI is InChI=1S/C25H35N3O6.CH4/c1-26-22-8-5-4-7-21(22)25(32)19-9-11-20(12-10-19)28(3)24(31)17-23(30)27(2)13-16-33-14-6-15-34-18-29;/h9-12,18,26H,4-8,13-17H2,1-3H3;1H4. The second-order valence-electron chi connectivity index (χ2n) is 8.17. The van der Waals surface area contributed by atoms with Gasteiger partial charge in [0.1, 0.15) is 6.42 Å². The van der Waals surface area contributed by atoms with Crippen molar-refractivity contribution in [3.63, 3.8) is 0 Å². The number of hydrogen-bond acceptors (Lipinski definition) is 7. The molecule has 0 atom stereocenters. The van der Waals surface area contributed by atoms with E-state index in [1.54, 1.807) is 38.4 Å². The number of carbonyl (C=O) groups is 4. The average molecular weight is 490 g/mol. The number of Topliss-reactive ketones (excluding diaryl/α,β-unsaturated/α-hetero) is 1. The van der Waals surface area contributed by atoms with E-state index in [1.807, 2.05) is 7.05 Å². The van der Waals surface area contributed by atoms with Crippen LogP contribution in [-0.4, -0.2) is 76.5 Å². The molecule has 0 aromatic heterocycles. The van der Waals surface area contributed by atoms with E-state index < -0.39 is 0 Å². The van der Waals surface area contributed by atoms with Gasteiger partial charge in [-0.05, 0) is 49.9 Å². The summed E-state index contributed by atoms with van der Waals surface area (Å²) in [6.45, 7) is 1.79. The molecule has 9 nitrogen and oxygen atoms in total. The zero-order valence-electron chi connectivity index (χ0n) is 20.3. The minimum Gasteiger partial charge on any atom is -0.468 e. The van der Waals surface area contributed by atoms with Crippen molar-refractivity contribution in [2.75, 3.05) is 52.4 Å². The topological polar surface area (TPSA) is 105 Å². The average Bonchev–Trinajstić information content (AvgIpc) is 2.87. The van der Waals surface area contributed by atoms with Crippen molar-refractivity contribution in [3.05, 3.63) is 41.1 Å². The third-order valence-corrected chi connectivity index (χ3v) is 5.85. The number of nitrogens with zero attached hydrogens (tertiary/aromatic N) is 2. The van der Waals surface area contributed by atoms with Crippen molar-refractivity contribution in [2.24, 2.45) is 0 Å². The third-order valence-electron chi connectivity index (χ3n) is 5.85. The number of nitrogens with one attached hydrogen (secondary N) is 1. The van der Waals surface area contributed by atoms with Crippen LogP contribution in [0.2, 0.25) is 0 Å². The monoisotopic (exact) mass is 489 g/mol. The summed E-state index contributed by atoms with van der Waals surface area (Å²) in [5.74, 6) is -0.629. The van der Waals surface area contributed by atoms with Gasteiger partial charge in [-0.2, -0.15) is 0 Å². The van der Waals surface area contributed by atoms with Crippen LogP contribution < -0.4 is 10.2 Å². The van der Waals surface area contributed by atoms with Crippen LogP contribution in [0, 0.1) is 0 Å². The van der Waals surface area contributed by atoms with Crippen LogP contribution in [0.25, 0.3) is 0 Å². The summed E-state index contributed by atoms with van der Waals surface area (Å²) < 4.78 is 9.96. The predicted molar refractivity (Wildman–Crippen MR) is 135 cm³/mol. The summed E-state index contributed by atoms with van der Waals surface area (Å²) in [7, 11) is 5.07. The normalized spacial score (nSPS) is 12.9. The van der Waals surface area contributed by atoms with Gasteiger partial charge in [0, 0.05) is 63.2 Å². The minimum atomic E-state index is -0.338. The van der Waals surface area contributed by atoms with E-state index in [1.165, 1.54) is 9.80 Å². The molecule has 0 fully saturated rings. The Morgan fingerprint density at radius 1 is 1.00 bits per heavy atom. The molecule has 0 heterocycles.